The lowest BCUT2D eigenvalue weighted by Crippen LogP contribution is -2.56. The SMILES string of the molecule is CN=C(NCCN1CCOC(C)(C)C1)N1CCN(c2cnn(C)c2)C(=O)C1.I. The van der Waals surface area contributed by atoms with Crippen molar-refractivity contribution in [2.75, 3.05) is 64.4 Å². The first kappa shape index (κ1) is 22.9. The molecule has 3 rings (SSSR count). The van der Waals surface area contributed by atoms with Crippen molar-refractivity contribution in [1.82, 2.24) is 24.9 Å². The van der Waals surface area contributed by atoms with Gasteiger partial charge in [0.25, 0.3) is 0 Å². The van der Waals surface area contributed by atoms with Crippen LogP contribution in [-0.2, 0) is 16.6 Å². The number of guanidine groups is 1. The lowest BCUT2D eigenvalue weighted by Gasteiger charge is -2.38. The smallest absolute Gasteiger partial charge is 0.246 e. The Hall–Kier alpha value is -1.40. The van der Waals surface area contributed by atoms with Crippen LogP contribution in [0.1, 0.15) is 13.8 Å². The summed E-state index contributed by atoms with van der Waals surface area (Å²) in [6, 6.07) is 0. The average molecular weight is 505 g/mol. The summed E-state index contributed by atoms with van der Waals surface area (Å²) in [6.45, 7) is 10.3. The molecule has 10 heteroatoms. The Kier molecular flexibility index (Phi) is 8.07. The first-order chi connectivity index (χ1) is 12.9. The molecule has 0 radical (unpaired) electrons. The predicted octanol–water partition coefficient (Wildman–Crippen LogP) is 0.373. The van der Waals surface area contributed by atoms with Gasteiger partial charge in [0.15, 0.2) is 5.96 Å². The molecule has 0 unspecified atom stereocenters. The van der Waals surface area contributed by atoms with Crippen LogP contribution in [0.15, 0.2) is 17.4 Å². The van der Waals surface area contributed by atoms with Gasteiger partial charge in [-0.15, -0.1) is 24.0 Å². The molecule has 0 saturated carbocycles. The maximum Gasteiger partial charge on any atom is 0.246 e. The minimum Gasteiger partial charge on any atom is -0.373 e. The summed E-state index contributed by atoms with van der Waals surface area (Å²) in [5, 5.41) is 7.55. The first-order valence-corrected chi connectivity index (χ1v) is 9.49. The van der Waals surface area contributed by atoms with E-state index in [1.54, 1.807) is 22.8 Å². The van der Waals surface area contributed by atoms with Crippen molar-refractivity contribution >= 4 is 41.5 Å². The number of hydrogen-bond acceptors (Lipinski definition) is 5. The van der Waals surface area contributed by atoms with E-state index in [-0.39, 0.29) is 35.5 Å². The summed E-state index contributed by atoms with van der Waals surface area (Å²) >= 11 is 0. The molecule has 2 aliphatic rings. The number of carbonyl (C=O) groups excluding carboxylic acids is 1. The summed E-state index contributed by atoms with van der Waals surface area (Å²) in [6.07, 6.45) is 3.59. The molecule has 2 fully saturated rings. The van der Waals surface area contributed by atoms with Crippen LogP contribution in [0, 0.1) is 0 Å². The van der Waals surface area contributed by atoms with Crippen LogP contribution in [0.3, 0.4) is 0 Å². The Morgan fingerprint density at radius 3 is 2.75 bits per heavy atom. The number of halogens is 1. The van der Waals surface area contributed by atoms with Crippen LogP contribution in [-0.4, -0.2) is 96.5 Å². The summed E-state index contributed by atoms with van der Waals surface area (Å²) in [4.78, 5) is 23.1. The van der Waals surface area contributed by atoms with Crippen LogP contribution < -0.4 is 10.2 Å². The van der Waals surface area contributed by atoms with Gasteiger partial charge in [0, 0.05) is 59.6 Å². The second kappa shape index (κ2) is 9.88. The van der Waals surface area contributed by atoms with Crippen molar-refractivity contribution in [1.29, 1.82) is 0 Å². The molecule has 3 heterocycles. The van der Waals surface area contributed by atoms with E-state index >= 15 is 0 Å². The maximum absolute atomic E-state index is 12.6. The van der Waals surface area contributed by atoms with Crippen molar-refractivity contribution in [2.45, 2.75) is 19.4 Å². The summed E-state index contributed by atoms with van der Waals surface area (Å²) < 4.78 is 7.47. The number of aliphatic imine (C=N–C) groups is 1. The fraction of sp³-hybridized carbons (Fsp3) is 0.722. The lowest BCUT2D eigenvalue weighted by atomic mass is 10.1. The Morgan fingerprint density at radius 2 is 2.14 bits per heavy atom. The number of amides is 1. The number of piperazine rings is 1. The second-order valence-corrected chi connectivity index (χ2v) is 7.70. The van der Waals surface area contributed by atoms with E-state index in [0.29, 0.717) is 13.1 Å². The van der Waals surface area contributed by atoms with E-state index in [1.165, 1.54) is 0 Å². The van der Waals surface area contributed by atoms with Crippen LogP contribution in [0.2, 0.25) is 0 Å². The van der Waals surface area contributed by atoms with Gasteiger partial charge in [-0.05, 0) is 13.8 Å². The fourth-order valence-electron chi connectivity index (χ4n) is 3.64. The Balaban J connectivity index is 0.00000280. The topological polar surface area (TPSA) is 78.2 Å². The average Bonchev–Trinajstić information content (AvgIpc) is 3.04. The molecule has 0 aliphatic carbocycles. The second-order valence-electron chi connectivity index (χ2n) is 7.70. The highest BCUT2D eigenvalue weighted by Gasteiger charge is 2.29. The zero-order valence-corrected chi connectivity index (χ0v) is 19.5. The van der Waals surface area contributed by atoms with E-state index in [2.05, 4.69) is 34.2 Å². The van der Waals surface area contributed by atoms with Crippen molar-refractivity contribution in [3.05, 3.63) is 12.4 Å². The fourth-order valence-corrected chi connectivity index (χ4v) is 3.64. The summed E-state index contributed by atoms with van der Waals surface area (Å²) in [7, 11) is 3.61. The summed E-state index contributed by atoms with van der Waals surface area (Å²) in [5.41, 5.74) is 0.759. The molecule has 9 nitrogen and oxygen atoms in total. The molecule has 0 bridgehead atoms. The lowest BCUT2D eigenvalue weighted by molar-refractivity contribution is -0.120. The number of aromatic nitrogens is 2. The number of carbonyl (C=O) groups is 1. The number of morpholine rings is 1. The number of hydrogen-bond donors (Lipinski definition) is 1. The highest BCUT2D eigenvalue weighted by atomic mass is 127. The molecule has 1 aromatic heterocycles. The molecule has 0 aromatic carbocycles. The number of anilines is 1. The minimum absolute atomic E-state index is 0. The number of nitrogens with one attached hydrogen (secondary N) is 1. The number of ether oxygens (including phenoxy) is 1. The zero-order valence-electron chi connectivity index (χ0n) is 17.2. The molecule has 2 aliphatic heterocycles. The largest absolute Gasteiger partial charge is 0.373 e. The Morgan fingerprint density at radius 1 is 1.36 bits per heavy atom. The van der Waals surface area contributed by atoms with Gasteiger partial charge in [0.05, 0.1) is 24.1 Å². The molecular formula is C18H32IN7O2. The van der Waals surface area contributed by atoms with Gasteiger partial charge in [0.1, 0.15) is 6.54 Å². The molecular weight excluding hydrogens is 473 g/mol. The van der Waals surface area contributed by atoms with Crippen molar-refractivity contribution < 1.29 is 9.53 Å². The number of aryl methyl sites for hydroxylation is 1. The monoisotopic (exact) mass is 505 g/mol. The predicted molar refractivity (Wildman–Crippen MR) is 120 cm³/mol. The van der Waals surface area contributed by atoms with Crippen molar-refractivity contribution in [3.8, 4) is 0 Å². The highest BCUT2D eigenvalue weighted by Crippen LogP contribution is 2.17. The molecule has 2 saturated heterocycles. The molecule has 28 heavy (non-hydrogen) atoms. The van der Waals surface area contributed by atoms with E-state index in [9.17, 15) is 4.79 Å². The number of rotatable bonds is 4. The van der Waals surface area contributed by atoms with Crippen LogP contribution in [0.4, 0.5) is 5.69 Å². The third-order valence-electron chi connectivity index (χ3n) is 4.95. The molecule has 0 atom stereocenters. The van der Waals surface area contributed by atoms with Crippen LogP contribution >= 0.6 is 24.0 Å². The van der Waals surface area contributed by atoms with Gasteiger partial charge < -0.3 is 19.9 Å². The third kappa shape index (κ3) is 5.80. The van der Waals surface area contributed by atoms with E-state index < -0.39 is 0 Å². The van der Waals surface area contributed by atoms with Crippen molar-refractivity contribution in [3.63, 3.8) is 0 Å². The van der Waals surface area contributed by atoms with Crippen LogP contribution in [0.25, 0.3) is 0 Å². The van der Waals surface area contributed by atoms with Gasteiger partial charge in [-0.25, -0.2) is 0 Å². The van der Waals surface area contributed by atoms with E-state index in [0.717, 1.165) is 51.0 Å². The van der Waals surface area contributed by atoms with Gasteiger partial charge in [-0.1, -0.05) is 0 Å². The minimum atomic E-state index is -0.0883. The molecule has 1 aromatic rings. The molecule has 1 amide bonds. The molecule has 1 N–H and O–H groups in total. The highest BCUT2D eigenvalue weighted by molar-refractivity contribution is 14.0. The van der Waals surface area contributed by atoms with E-state index in [1.807, 2.05) is 18.1 Å². The van der Waals surface area contributed by atoms with Crippen molar-refractivity contribution in [2.24, 2.45) is 12.0 Å². The Labute approximate surface area is 184 Å². The van der Waals surface area contributed by atoms with Gasteiger partial charge in [-0.3, -0.25) is 19.4 Å². The third-order valence-corrected chi connectivity index (χ3v) is 4.95. The normalized spacial score (nSPS) is 20.9. The van der Waals surface area contributed by atoms with Gasteiger partial charge in [0.2, 0.25) is 5.91 Å². The maximum atomic E-state index is 12.6. The summed E-state index contributed by atoms with van der Waals surface area (Å²) in [5.74, 6) is 0.842. The Bertz CT molecular complexity index is 691. The van der Waals surface area contributed by atoms with Gasteiger partial charge >= 0.3 is 0 Å². The molecule has 158 valence electrons. The van der Waals surface area contributed by atoms with Crippen LogP contribution in [0.5, 0.6) is 0 Å². The molecule has 0 spiro atoms. The quantitative estimate of drug-likeness (QED) is 0.362. The van der Waals surface area contributed by atoms with Gasteiger partial charge in [-0.2, -0.15) is 5.10 Å². The first-order valence-electron chi connectivity index (χ1n) is 9.49. The standard InChI is InChI=1S/C18H31N7O2.HI/c1-18(2)14-23(9-10-27-18)6-5-20-17(19-3)24-7-8-25(16(26)13-24)15-11-21-22(4)12-15;/h11-12H,5-10,13-14H2,1-4H3,(H,19,20);1H. The zero-order chi connectivity index (χ0) is 19.4. The number of nitrogens with zero attached hydrogens (tertiary/aromatic N) is 6. The van der Waals surface area contributed by atoms with E-state index in [4.69, 9.17) is 4.74 Å².